The first-order valence-corrected chi connectivity index (χ1v) is 4.94. The molecule has 0 saturated heterocycles. The minimum absolute atomic E-state index is 0.848. The molecule has 1 aromatic rings. The molecule has 0 unspecified atom stereocenters. The highest BCUT2D eigenvalue weighted by atomic mass is 15.0. The highest BCUT2D eigenvalue weighted by Gasteiger charge is 1.92. The van der Waals surface area contributed by atoms with E-state index in [0.717, 1.165) is 18.5 Å². The van der Waals surface area contributed by atoms with Crippen LogP contribution >= 0.6 is 0 Å². The van der Waals surface area contributed by atoms with Crippen molar-refractivity contribution in [3.8, 4) is 0 Å². The van der Waals surface area contributed by atoms with Crippen molar-refractivity contribution >= 4 is 0 Å². The van der Waals surface area contributed by atoms with Crippen LogP contribution in [-0.4, -0.2) is 11.1 Å². The van der Waals surface area contributed by atoms with Crippen LogP contribution in [0.3, 0.4) is 0 Å². The summed E-state index contributed by atoms with van der Waals surface area (Å²) in [7, 11) is 2.05. The van der Waals surface area contributed by atoms with Crippen LogP contribution in [0.5, 0.6) is 0 Å². The van der Waals surface area contributed by atoms with E-state index in [9.17, 15) is 0 Å². The van der Waals surface area contributed by atoms with E-state index in [-0.39, 0.29) is 0 Å². The van der Waals surface area contributed by atoms with E-state index in [2.05, 4.69) is 41.7 Å². The standard InChI is InChI=1S/C11H18N2/c1-4-6-10-7-8-11(12-5-2)13(3)9-10/h7-9H,4-6H2,1-3H3. The van der Waals surface area contributed by atoms with Gasteiger partial charge in [0.25, 0.3) is 0 Å². The van der Waals surface area contributed by atoms with Crippen molar-refractivity contribution in [3.05, 3.63) is 29.4 Å². The van der Waals surface area contributed by atoms with Crippen LogP contribution < -0.4 is 5.49 Å². The van der Waals surface area contributed by atoms with Gasteiger partial charge in [-0.05, 0) is 25.0 Å². The van der Waals surface area contributed by atoms with Crippen molar-refractivity contribution in [3.63, 3.8) is 0 Å². The van der Waals surface area contributed by atoms with Crippen LogP contribution in [0, 0.1) is 0 Å². The molecule has 0 radical (unpaired) electrons. The number of pyridine rings is 1. The summed E-state index contributed by atoms with van der Waals surface area (Å²) in [5, 5.41) is 0. The number of aromatic nitrogens is 1. The molecule has 0 amide bonds. The summed E-state index contributed by atoms with van der Waals surface area (Å²) in [4.78, 5) is 4.37. The largest absolute Gasteiger partial charge is 0.336 e. The summed E-state index contributed by atoms with van der Waals surface area (Å²) in [5.74, 6) is 0. The molecule has 0 bridgehead atoms. The van der Waals surface area contributed by atoms with Crippen LogP contribution in [0.15, 0.2) is 23.3 Å². The van der Waals surface area contributed by atoms with Crippen molar-refractivity contribution in [2.24, 2.45) is 12.0 Å². The summed E-state index contributed by atoms with van der Waals surface area (Å²) in [6.45, 7) is 5.10. The first-order valence-electron chi connectivity index (χ1n) is 4.94. The van der Waals surface area contributed by atoms with Gasteiger partial charge in [0, 0.05) is 19.8 Å². The molecule has 13 heavy (non-hydrogen) atoms. The predicted molar refractivity (Wildman–Crippen MR) is 55.5 cm³/mol. The Morgan fingerprint density at radius 1 is 1.31 bits per heavy atom. The molecule has 0 aliphatic rings. The van der Waals surface area contributed by atoms with Gasteiger partial charge < -0.3 is 4.57 Å². The number of nitrogens with zero attached hydrogens (tertiary/aromatic N) is 2. The molecule has 1 rings (SSSR count). The molecule has 0 N–H and O–H groups in total. The first-order chi connectivity index (χ1) is 6.27. The first kappa shape index (κ1) is 10.0. The molecule has 0 saturated carbocycles. The van der Waals surface area contributed by atoms with Crippen molar-refractivity contribution in [1.29, 1.82) is 0 Å². The lowest BCUT2D eigenvalue weighted by Gasteiger charge is -2.03. The number of rotatable bonds is 3. The number of aryl methyl sites for hydroxylation is 2. The molecule has 72 valence electrons. The van der Waals surface area contributed by atoms with Gasteiger partial charge in [0.15, 0.2) is 0 Å². The van der Waals surface area contributed by atoms with Gasteiger partial charge in [-0.2, -0.15) is 0 Å². The van der Waals surface area contributed by atoms with Crippen LogP contribution in [-0.2, 0) is 13.5 Å². The molecule has 2 nitrogen and oxygen atoms in total. The average molecular weight is 178 g/mol. The van der Waals surface area contributed by atoms with Crippen molar-refractivity contribution < 1.29 is 0 Å². The fraction of sp³-hybridized carbons (Fsp3) is 0.545. The number of hydrogen-bond acceptors (Lipinski definition) is 1. The molecule has 1 heterocycles. The van der Waals surface area contributed by atoms with Gasteiger partial charge in [-0.3, -0.25) is 4.99 Å². The molecule has 1 aromatic heterocycles. The fourth-order valence-electron chi connectivity index (χ4n) is 1.42. The normalized spacial score (nSPS) is 12.1. The second-order valence-corrected chi connectivity index (χ2v) is 3.23. The van der Waals surface area contributed by atoms with Gasteiger partial charge >= 0.3 is 0 Å². The minimum Gasteiger partial charge on any atom is -0.336 e. The summed E-state index contributed by atoms with van der Waals surface area (Å²) in [6.07, 6.45) is 4.52. The van der Waals surface area contributed by atoms with Gasteiger partial charge in [0.05, 0.1) is 0 Å². The molecule has 0 aliphatic carbocycles. The molecular weight excluding hydrogens is 160 g/mol. The molecule has 0 aromatic carbocycles. The van der Waals surface area contributed by atoms with Crippen molar-refractivity contribution in [1.82, 2.24) is 4.57 Å². The second-order valence-electron chi connectivity index (χ2n) is 3.23. The molecule has 0 atom stereocenters. The van der Waals surface area contributed by atoms with E-state index in [4.69, 9.17) is 0 Å². The Balaban J connectivity index is 2.98. The summed E-state index contributed by atoms with van der Waals surface area (Å²) < 4.78 is 2.09. The Morgan fingerprint density at radius 2 is 2.08 bits per heavy atom. The van der Waals surface area contributed by atoms with Crippen LogP contribution in [0.25, 0.3) is 0 Å². The highest BCUT2D eigenvalue weighted by molar-refractivity contribution is 5.09. The maximum atomic E-state index is 4.37. The monoisotopic (exact) mass is 178 g/mol. The second kappa shape index (κ2) is 4.85. The topological polar surface area (TPSA) is 17.3 Å². The zero-order valence-corrected chi connectivity index (χ0v) is 8.75. The smallest absolute Gasteiger partial charge is 0.127 e. The summed E-state index contributed by atoms with van der Waals surface area (Å²) in [6, 6.07) is 4.26. The predicted octanol–water partition coefficient (Wildman–Crippen LogP) is 1.90. The molecule has 0 spiro atoms. The third kappa shape index (κ3) is 2.72. The van der Waals surface area contributed by atoms with E-state index in [1.807, 2.05) is 7.05 Å². The average Bonchev–Trinajstić information content (AvgIpc) is 2.10. The van der Waals surface area contributed by atoms with Gasteiger partial charge in [0.2, 0.25) is 0 Å². The molecule has 0 aliphatic heterocycles. The SMILES string of the molecule is CCCc1ccc(=NCC)n(C)c1. The highest BCUT2D eigenvalue weighted by Crippen LogP contribution is 1.98. The Hall–Kier alpha value is -1.05. The summed E-state index contributed by atoms with van der Waals surface area (Å²) >= 11 is 0. The third-order valence-electron chi connectivity index (χ3n) is 2.03. The number of hydrogen-bond donors (Lipinski definition) is 0. The Labute approximate surface area is 79.9 Å². The lowest BCUT2D eigenvalue weighted by atomic mass is 10.2. The Morgan fingerprint density at radius 3 is 2.62 bits per heavy atom. The van der Waals surface area contributed by atoms with Gasteiger partial charge in [-0.1, -0.05) is 19.4 Å². The summed E-state index contributed by atoms with van der Waals surface area (Å²) in [5.41, 5.74) is 2.45. The van der Waals surface area contributed by atoms with Gasteiger partial charge in [-0.25, -0.2) is 0 Å². The van der Waals surface area contributed by atoms with E-state index < -0.39 is 0 Å². The molecule has 2 heteroatoms. The van der Waals surface area contributed by atoms with E-state index in [0.29, 0.717) is 0 Å². The third-order valence-corrected chi connectivity index (χ3v) is 2.03. The fourth-order valence-corrected chi connectivity index (χ4v) is 1.42. The van der Waals surface area contributed by atoms with Crippen LogP contribution in [0.4, 0.5) is 0 Å². The van der Waals surface area contributed by atoms with E-state index in [1.54, 1.807) is 0 Å². The maximum absolute atomic E-state index is 4.37. The zero-order valence-electron chi connectivity index (χ0n) is 8.75. The van der Waals surface area contributed by atoms with Crippen LogP contribution in [0.1, 0.15) is 25.8 Å². The maximum Gasteiger partial charge on any atom is 0.127 e. The van der Waals surface area contributed by atoms with Gasteiger partial charge in [0.1, 0.15) is 5.49 Å². The minimum atomic E-state index is 0.848. The lowest BCUT2D eigenvalue weighted by Crippen LogP contribution is -2.17. The van der Waals surface area contributed by atoms with Crippen molar-refractivity contribution in [2.75, 3.05) is 6.54 Å². The lowest BCUT2D eigenvalue weighted by molar-refractivity contribution is 0.787. The van der Waals surface area contributed by atoms with E-state index >= 15 is 0 Å². The Bertz CT molecular complexity index is 323. The quantitative estimate of drug-likeness (QED) is 0.672. The van der Waals surface area contributed by atoms with E-state index in [1.165, 1.54) is 12.0 Å². The zero-order chi connectivity index (χ0) is 9.68. The molecular formula is C11H18N2. The Kier molecular flexibility index (Phi) is 3.74. The van der Waals surface area contributed by atoms with Crippen LogP contribution in [0.2, 0.25) is 0 Å². The molecule has 0 fully saturated rings. The van der Waals surface area contributed by atoms with Crippen molar-refractivity contribution in [2.45, 2.75) is 26.7 Å². The van der Waals surface area contributed by atoms with Gasteiger partial charge in [-0.15, -0.1) is 0 Å².